The lowest BCUT2D eigenvalue weighted by atomic mass is 10.1. The van der Waals surface area contributed by atoms with Crippen molar-refractivity contribution in [2.75, 3.05) is 12.8 Å². The number of carboxylic acids is 1. The number of carbonyl (C=O) groups is 1. The quantitative estimate of drug-likeness (QED) is 0.377. The van der Waals surface area contributed by atoms with Crippen LogP contribution in [0.1, 0.15) is 21.3 Å². The van der Waals surface area contributed by atoms with Gasteiger partial charge in [-0.25, -0.2) is 4.79 Å². The second kappa shape index (κ2) is 9.14. The Morgan fingerprint density at radius 3 is 2.57 bits per heavy atom. The Balaban J connectivity index is 1.89. The first-order valence-corrected chi connectivity index (χ1v) is 10.4. The molecule has 0 spiro atoms. The van der Waals surface area contributed by atoms with Crippen LogP contribution < -0.4 is 10.5 Å². The highest BCUT2D eigenvalue weighted by Crippen LogP contribution is 2.41. The summed E-state index contributed by atoms with van der Waals surface area (Å²) in [7, 11) is 1.56. The van der Waals surface area contributed by atoms with Gasteiger partial charge in [0.25, 0.3) is 0 Å². The molecule has 1 aromatic heterocycles. The lowest BCUT2D eigenvalue weighted by Crippen LogP contribution is -2.26. The molecular weight excluding hydrogens is 394 g/mol. The van der Waals surface area contributed by atoms with Gasteiger partial charge in [-0.3, -0.25) is 0 Å². The monoisotopic (exact) mass is 415 g/mol. The van der Waals surface area contributed by atoms with E-state index in [1.54, 1.807) is 42.7 Å². The van der Waals surface area contributed by atoms with Gasteiger partial charge in [-0.1, -0.05) is 24.3 Å². The standard InChI is InChI=1S/C21H21NO4S2/c1-26-15-7-5-14(6-8-15)20(19(23)21(24)25)28-18-12-13(4-9-17(18)22)11-16-3-2-10-27-16/h2-10,12,19-20,23H,11,22H2,1H3,(H,24,25)/t19-,20+/m1/s1. The highest BCUT2D eigenvalue weighted by molar-refractivity contribution is 7.99. The molecule has 0 radical (unpaired) electrons. The normalized spacial score (nSPS) is 13.1. The molecule has 0 amide bonds. The van der Waals surface area contributed by atoms with Crippen LogP contribution in [0, 0.1) is 0 Å². The summed E-state index contributed by atoms with van der Waals surface area (Å²) in [5, 5.41) is 21.0. The molecule has 3 aromatic rings. The van der Waals surface area contributed by atoms with Crippen LogP contribution >= 0.6 is 23.1 Å². The van der Waals surface area contributed by atoms with Crippen molar-refractivity contribution in [1.82, 2.24) is 0 Å². The molecule has 0 aliphatic carbocycles. The van der Waals surface area contributed by atoms with Crippen molar-refractivity contribution in [1.29, 1.82) is 0 Å². The van der Waals surface area contributed by atoms with Crippen molar-refractivity contribution in [3.8, 4) is 5.75 Å². The first-order valence-electron chi connectivity index (χ1n) is 8.60. The molecule has 2 atom stereocenters. The molecule has 146 valence electrons. The van der Waals surface area contributed by atoms with Crippen molar-refractivity contribution in [3.05, 3.63) is 76.0 Å². The molecule has 1 heterocycles. The average molecular weight is 416 g/mol. The van der Waals surface area contributed by atoms with Crippen LogP contribution in [0.2, 0.25) is 0 Å². The Kier molecular flexibility index (Phi) is 6.61. The number of carboxylic acid groups (broad SMARTS) is 1. The van der Waals surface area contributed by atoms with Gasteiger partial charge >= 0.3 is 5.97 Å². The topological polar surface area (TPSA) is 92.8 Å². The fraction of sp³-hybridized carbons (Fsp3) is 0.190. The van der Waals surface area contributed by atoms with Gasteiger partial charge in [-0.15, -0.1) is 23.1 Å². The number of aliphatic hydroxyl groups is 1. The number of aliphatic carboxylic acids is 1. The maximum absolute atomic E-state index is 11.5. The first kappa shape index (κ1) is 20.3. The van der Waals surface area contributed by atoms with Gasteiger partial charge in [0.05, 0.1) is 12.4 Å². The van der Waals surface area contributed by atoms with Gasteiger partial charge in [0.1, 0.15) is 5.75 Å². The molecule has 0 aliphatic rings. The molecule has 28 heavy (non-hydrogen) atoms. The molecule has 0 unspecified atom stereocenters. The largest absolute Gasteiger partial charge is 0.497 e. The van der Waals surface area contributed by atoms with E-state index < -0.39 is 17.3 Å². The fourth-order valence-corrected chi connectivity index (χ4v) is 4.75. The maximum atomic E-state index is 11.5. The van der Waals surface area contributed by atoms with Crippen LogP contribution in [0.15, 0.2) is 64.9 Å². The van der Waals surface area contributed by atoms with Crippen LogP contribution in [0.3, 0.4) is 0 Å². The van der Waals surface area contributed by atoms with Crippen molar-refractivity contribution in [3.63, 3.8) is 0 Å². The number of rotatable bonds is 8. The molecule has 0 saturated carbocycles. The molecular formula is C21H21NO4S2. The predicted octanol–water partition coefficient (Wildman–Crippen LogP) is 4.21. The zero-order valence-corrected chi connectivity index (χ0v) is 16.9. The summed E-state index contributed by atoms with van der Waals surface area (Å²) in [4.78, 5) is 13.5. The summed E-state index contributed by atoms with van der Waals surface area (Å²) in [5.74, 6) is -0.614. The number of aliphatic hydroxyl groups excluding tert-OH is 1. The molecule has 0 fully saturated rings. The smallest absolute Gasteiger partial charge is 0.334 e. The number of thioether (sulfide) groups is 1. The van der Waals surface area contributed by atoms with Crippen molar-refractivity contribution in [2.24, 2.45) is 0 Å². The number of anilines is 1. The molecule has 0 saturated heterocycles. The number of hydrogen-bond donors (Lipinski definition) is 3. The second-order valence-electron chi connectivity index (χ2n) is 6.22. The van der Waals surface area contributed by atoms with Crippen LogP contribution in [-0.4, -0.2) is 29.4 Å². The minimum atomic E-state index is -1.57. The molecule has 7 heteroatoms. The number of nitrogens with two attached hydrogens (primary N) is 1. The van der Waals surface area contributed by atoms with E-state index in [1.807, 2.05) is 29.6 Å². The Morgan fingerprint density at radius 2 is 1.96 bits per heavy atom. The highest BCUT2D eigenvalue weighted by atomic mass is 32.2. The third-order valence-corrected chi connectivity index (χ3v) is 6.54. The minimum Gasteiger partial charge on any atom is -0.497 e. The predicted molar refractivity (Wildman–Crippen MR) is 113 cm³/mol. The number of hydrogen-bond acceptors (Lipinski definition) is 6. The zero-order valence-electron chi connectivity index (χ0n) is 15.2. The minimum absolute atomic E-state index is 0.552. The van der Waals surface area contributed by atoms with Crippen molar-refractivity contribution in [2.45, 2.75) is 22.7 Å². The van der Waals surface area contributed by atoms with Gasteiger partial charge in [0.2, 0.25) is 0 Å². The summed E-state index contributed by atoms with van der Waals surface area (Å²) in [6, 6.07) is 16.8. The van der Waals surface area contributed by atoms with Gasteiger partial charge < -0.3 is 20.7 Å². The number of thiophene rings is 1. The van der Waals surface area contributed by atoms with Crippen molar-refractivity contribution >= 4 is 34.8 Å². The molecule has 0 bridgehead atoms. The summed E-state index contributed by atoms with van der Waals surface area (Å²) in [6.45, 7) is 0. The van der Waals surface area contributed by atoms with E-state index in [-0.39, 0.29) is 0 Å². The van der Waals surface area contributed by atoms with Crippen LogP contribution in [-0.2, 0) is 11.2 Å². The van der Waals surface area contributed by atoms with Gasteiger partial charge in [0.15, 0.2) is 6.10 Å². The zero-order chi connectivity index (χ0) is 20.1. The van der Waals surface area contributed by atoms with E-state index in [4.69, 9.17) is 10.5 Å². The van der Waals surface area contributed by atoms with Crippen molar-refractivity contribution < 1.29 is 19.7 Å². The molecule has 0 aliphatic heterocycles. The Labute approximate surface area is 171 Å². The Bertz CT molecular complexity index is 926. The fourth-order valence-electron chi connectivity index (χ4n) is 2.78. The van der Waals surface area contributed by atoms with Gasteiger partial charge in [-0.2, -0.15) is 0 Å². The van der Waals surface area contributed by atoms with Crippen LogP contribution in [0.25, 0.3) is 0 Å². The molecule has 2 aromatic carbocycles. The van der Waals surface area contributed by atoms with E-state index in [0.29, 0.717) is 17.0 Å². The maximum Gasteiger partial charge on any atom is 0.334 e. The number of ether oxygens (including phenoxy) is 1. The highest BCUT2D eigenvalue weighted by Gasteiger charge is 2.29. The summed E-state index contributed by atoms with van der Waals surface area (Å²) < 4.78 is 5.16. The van der Waals surface area contributed by atoms with E-state index in [2.05, 4.69) is 6.07 Å². The summed E-state index contributed by atoms with van der Waals surface area (Å²) in [6.07, 6.45) is -0.793. The first-order chi connectivity index (χ1) is 13.5. The Hall–Kier alpha value is -2.48. The third-order valence-electron chi connectivity index (χ3n) is 4.27. The lowest BCUT2D eigenvalue weighted by molar-refractivity contribution is -0.146. The van der Waals surface area contributed by atoms with Crippen LogP contribution in [0.5, 0.6) is 5.75 Å². The average Bonchev–Trinajstić information content (AvgIpc) is 3.21. The third kappa shape index (κ3) is 4.86. The lowest BCUT2D eigenvalue weighted by Gasteiger charge is -2.21. The van der Waals surface area contributed by atoms with Gasteiger partial charge in [0, 0.05) is 21.9 Å². The van der Waals surface area contributed by atoms with E-state index >= 15 is 0 Å². The van der Waals surface area contributed by atoms with E-state index in [1.165, 1.54) is 16.6 Å². The summed E-state index contributed by atoms with van der Waals surface area (Å²) in [5.41, 5.74) is 8.46. The van der Waals surface area contributed by atoms with E-state index in [9.17, 15) is 15.0 Å². The summed E-state index contributed by atoms with van der Waals surface area (Å²) >= 11 is 2.94. The number of methoxy groups -OCH3 is 1. The Morgan fingerprint density at radius 1 is 1.21 bits per heavy atom. The second-order valence-corrected chi connectivity index (χ2v) is 8.44. The SMILES string of the molecule is COc1ccc([C@H](Sc2cc(Cc3cccs3)ccc2N)[C@@H](O)C(=O)O)cc1. The van der Waals surface area contributed by atoms with Crippen LogP contribution in [0.4, 0.5) is 5.69 Å². The molecule has 5 nitrogen and oxygen atoms in total. The van der Waals surface area contributed by atoms with E-state index in [0.717, 1.165) is 16.9 Å². The molecule has 4 N–H and O–H groups in total. The molecule has 3 rings (SSSR count). The number of benzene rings is 2. The van der Waals surface area contributed by atoms with Gasteiger partial charge in [-0.05, 0) is 46.8 Å². The number of nitrogen functional groups attached to an aromatic ring is 1.